The average Bonchev–Trinajstić information content (AvgIpc) is 3.22. The zero-order valence-electron chi connectivity index (χ0n) is 10.2. The fourth-order valence-corrected chi connectivity index (χ4v) is 2.92. The Kier molecular flexibility index (Phi) is 3.23. The highest BCUT2D eigenvalue weighted by Crippen LogP contribution is 2.49. The molecule has 3 nitrogen and oxygen atoms in total. The van der Waals surface area contributed by atoms with E-state index in [0.29, 0.717) is 0 Å². The number of nitrogens with zero attached hydrogens (tertiary/aromatic N) is 2. The first kappa shape index (κ1) is 11.3. The highest BCUT2D eigenvalue weighted by Gasteiger charge is 2.40. The molecule has 1 heterocycles. The Morgan fingerprint density at radius 3 is 2.59 bits per heavy atom. The summed E-state index contributed by atoms with van der Waals surface area (Å²) in [5.74, 6) is 3.87. The maximum atomic E-state index is 4.28. The van der Waals surface area contributed by atoms with Gasteiger partial charge in [-0.25, -0.2) is 9.97 Å². The molecule has 3 rings (SSSR count). The minimum absolute atomic E-state index is 0.891. The van der Waals surface area contributed by atoms with Gasteiger partial charge in [0, 0.05) is 12.6 Å². The lowest BCUT2D eigenvalue weighted by Crippen LogP contribution is -2.18. The van der Waals surface area contributed by atoms with Gasteiger partial charge in [0.05, 0.1) is 0 Å². The van der Waals surface area contributed by atoms with Gasteiger partial charge in [-0.05, 0) is 49.7 Å². The van der Waals surface area contributed by atoms with E-state index in [-0.39, 0.29) is 0 Å². The van der Waals surface area contributed by atoms with Crippen molar-refractivity contribution in [3.63, 3.8) is 0 Å². The van der Waals surface area contributed by atoms with Gasteiger partial charge in [0.2, 0.25) is 0 Å². The molecule has 0 unspecified atom stereocenters. The third-order valence-electron chi connectivity index (χ3n) is 3.83. The second-order valence-electron chi connectivity index (χ2n) is 5.17. The largest absolute Gasteiger partial charge is 0.370 e. The molecular formula is C13H19N3S. The van der Waals surface area contributed by atoms with Crippen LogP contribution in [0.15, 0.2) is 17.4 Å². The molecule has 0 aliphatic heterocycles. The molecule has 2 fully saturated rings. The van der Waals surface area contributed by atoms with E-state index in [1.54, 1.807) is 18.1 Å². The highest BCUT2D eigenvalue weighted by molar-refractivity contribution is 7.98. The van der Waals surface area contributed by atoms with Crippen molar-refractivity contribution < 1.29 is 0 Å². The summed E-state index contributed by atoms with van der Waals surface area (Å²) in [5.41, 5.74) is 0. The zero-order chi connectivity index (χ0) is 11.7. The summed E-state index contributed by atoms with van der Waals surface area (Å²) in [7, 11) is 0. The van der Waals surface area contributed by atoms with Gasteiger partial charge in [0.25, 0.3) is 0 Å². The summed E-state index contributed by atoms with van der Waals surface area (Å²) >= 11 is 1.66. The van der Waals surface area contributed by atoms with Gasteiger partial charge in [-0.1, -0.05) is 0 Å². The zero-order valence-corrected chi connectivity index (χ0v) is 11.0. The SMILES string of the molecule is CSc1cc(NCC(C2CC2)C2CC2)ncn1. The quantitative estimate of drug-likeness (QED) is 0.621. The van der Waals surface area contributed by atoms with Crippen LogP contribution in [0.3, 0.4) is 0 Å². The first-order valence-corrected chi connectivity index (χ1v) is 7.69. The number of nitrogens with one attached hydrogen (secondary N) is 1. The lowest BCUT2D eigenvalue weighted by molar-refractivity contribution is 0.427. The molecule has 0 amide bonds. The van der Waals surface area contributed by atoms with Gasteiger partial charge in [0.1, 0.15) is 17.2 Å². The Hall–Kier alpha value is -0.770. The van der Waals surface area contributed by atoms with E-state index in [4.69, 9.17) is 0 Å². The summed E-state index contributed by atoms with van der Waals surface area (Å²) in [6, 6.07) is 2.04. The van der Waals surface area contributed by atoms with Crippen LogP contribution in [0.25, 0.3) is 0 Å². The number of anilines is 1. The van der Waals surface area contributed by atoms with Crippen LogP contribution in [-0.2, 0) is 0 Å². The van der Waals surface area contributed by atoms with Gasteiger partial charge in [-0.3, -0.25) is 0 Å². The number of rotatable bonds is 6. The Balaban J connectivity index is 1.58. The molecule has 0 bridgehead atoms. The Morgan fingerprint density at radius 1 is 1.29 bits per heavy atom. The summed E-state index contributed by atoms with van der Waals surface area (Å²) in [6.07, 6.45) is 9.48. The molecule has 2 aliphatic rings. The Morgan fingerprint density at radius 2 is 2.00 bits per heavy atom. The number of aromatic nitrogens is 2. The van der Waals surface area contributed by atoms with E-state index < -0.39 is 0 Å². The summed E-state index contributed by atoms with van der Waals surface area (Å²) < 4.78 is 0. The lowest BCUT2D eigenvalue weighted by atomic mass is 9.98. The van der Waals surface area contributed by atoms with Crippen LogP contribution in [0.4, 0.5) is 5.82 Å². The smallest absolute Gasteiger partial charge is 0.130 e. The molecule has 0 spiro atoms. The first-order chi connectivity index (χ1) is 8.36. The first-order valence-electron chi connectivity index (χ1n) is 6.46. The molecule has 1 aromatic rings. The molecule has 0 radical (unpaired) electrons. The van der Waals surface area contributed by atoms with Crippen LogP contribution >= 0.6 is 11.8 Å². The number of hydrogen-bond acceptors (Lipinski definition) is 4. The van der Waals surface area contributed by atoms with E-state index in [0.717, 1.165) is 35.1 Å². The predicted octanol–water partition coefficient (Wildman–Crippen LogP) is 3.05. The van der Waals surface area contributed by atoms with E-state index in [9.17, 15) is 0 Å². The topological polar surface area (TPSA) is 37.8 Å². The Bertz CT molecular complexity index is 376. The fourth-order valence-electron chi connectivity index (χ4n) is 2.54. The average molecular weight is 249 g/mol. The fraction of sp³-hybridized carbons (Fsp3) is 0.692. The van der Waals surface area contributed by atoms with Gasteiger partial charge < -0.3 is 5.32 Å². The maximum Gasteiger partial charge on any atom is 0.130 e. The second-order valence-corrected chi connectivity index (χ2v) is 5.99. The lowest BCUT2D eigenvalue weighted by Gasteiger charge is -2.16. The van der Waals surface area contributed by atoms with Crippen molar-refractivity contribution in [2.75, 3.05) is 18.1 Å². The van der Waals surface area contributed by atoms with Crippen molar-refractivity contribution in [1.82, 2.24) is 9.97 Å². The van der Waals surface area contributed by atoms with Crippen LogP contribution in [0.2, 0.25) is 0 Å². The highest BCUT2D eigenvalue weighted by atomic mass is 32.2. The molecular weight excluding hydrogens is 230 g/mol. The molecule has 2 aliphatic carbocycles. The molecule has 4 heteroatoms. The molecule has 92 valence electrons. The van der Waals surface area contributed by atoms with Crippen molar-refractivity contribution in [2.45, 2.75) is 30.7 Å². The normalized spacial score (nSPS) is 19.6. The van der Waals surface area contributed by atoms with Gasteiger partial charge in [0.15, 0.2) is 0 Å². The van der Waals surface area contributed by atoms with Crippen LogP contribution in [0.5, 0.6) is 0 Å². The van der Waals surface area contributed by atoms with Crippen LogP contribution < -0.4 is 5.32 Å². The van der Waals surface area contributed by atoms with Crippen molar-refractivity contribution in [2.24, 2.45) is 17.8 Å². The molecule has 17 heavy (non-hydrogen) atoms. The molecule has 0 atom stereocenters. The van der Waals surface area contributed by atoms with E-state index in [1.165, 1.54) is 25.7 Å². The molecule has 1 aromatic heterocycles. The van der Waals surface area contributed by atoms with Gasteiger partial charge >= 0.3 is 0 Å². The van der Waals surface area contributed by atoms with Crippen LogP contribution in [0.1, 0.15) is 25.7 Å². The minimum atomic E-state index is 0.891. The van der Waals surface area contributed by atoms with E-state index in [2.05, 4.69) is 15.3 Å². The molecule has 0 aromatic carbocycles. The number of thioether (sulfide) groups is 1. The number of hydrogen-bond donors (Lipinski definition) is 1. The predicted molar refractivity (Wildman–Crippen MR) is 71.2 cm³/mol. The van der Waals surface area contributed by atoms with Crippen molar-refractivity contribution in [1.29, 1.82) is 0 Å². The van der Waals surface area contributed by atoms with Gasteiger partial charge in [-0.2, -0.15) is 0 Å². The van der Waals surface area contributed by atoms with E-state index >= 15 is 0 Å². The third kappa shape index (κ3) is 2.92. The van der Waals surface area contributed by atoms with Crippen LogP contribution in [-0.4, -0.2) is 22.8 Å². The van der Waals surface area contributed by atoms with Crippen molar-refractivity contribution in [3.8, 4) is 0 Å². The van der Waals surface area contributed by atoms with Crippen molar-refractivity contribution in [3.05, 3.63) is 12.4 Å². The maximum absolute atomic E-state index is 4.28. The Labute approximate surface area is 107 Å². The molecule has 0 saturated heterocycles. The van der Waals surface area contributed by atoms with Crippen LogP contribution in [0, 0.1) is 17.8 Å². The summed E-state index contributed by atoms with van der Waals surface area (Å²) in [4.78, 5) is 8.47. The second kappa shape index (κ2) is 4.84. The third-order valence-corrected chi connectivity index (χ3v) is 4.47. The van der Waals surface area contributed by atoms with Gasteiger partial charge in [-0.15, -0.1) is 11.8 Å². The molecule has 1 N–H and O–H groups in total. The van der Waals surface area contributed by atoms with E-state index in [1.807, 2.05) is 12.3 Å². The summed E-state index contributed by atoms with van der Waals surface area (Å²) in [5, 5.41) is 4.54. The minimum Gasteiger partial charge on any atom is -0.370 e. The molecule has 2 saturated carbocycles. The standard InChI is InChI=1S/C13H19N3S/c1-17-13-6-12(15-8-16-13)14-7-11(9-2-3-9)10-4-5-10/h6,8-11H,2-5,7H2,1H3,(H,14,15,16). The summed E-state index contributed by atoms with van der Waals surface area (Å²) in [6.45, 7) is 1.10. The monoisotopic (exact) mass is 249 g/mol. The van der Waals surface area contributed by atoms with Crippen molar-refractivity contribution >= 4 is 17.6 Å².